The molecular formula is C22H21ClF2N2S. The zero-order valence-corrected chi connectivity index (χ0v) is 17.1. The second-order valence-corrected chi connectivity index (χ2v) is 8.39. The molecule has 0 spiro atoms. The topological polar surface area (TPSA) is 30.9 Å². The molecule has 1 aliphatic carbocycles. The number of fused-ring (bicyclic) bond motifs is 1. The lowest BCUT2D eigenvalue weighted by molar-refractivity contribution is -0.0435. The maximum Gasteiger partial charge on any atom is 0.248 e. The van der Waals surface area contributed by atoms with Gasteiger partial charge in [0.2, 0.25) is 5.92 Å². The van der Waals surface area contributed by atoms with Crippen LogP contribution in [0.3, 0.4) is 0 Å². The van der Waals surface area contributed by atoms with E-state index in [2.05, 4.69) is 4.57 Å². The van der Waals surface area contributed by atoms with Gasteiger partial charge in [-0.1, -0.05) is 54.2 Å². The van der Waals surface area contributed by atoms with E-state index < -0.39 is 5.92 Å². The smallest absolute Gasteiger partial charge is 0.248 e. The van der Waals surface area contributed by atoms with Crippen LogP contribution >= 0.6 is 23.8 Å². The zero-order valence-electron chi connectivity index (χ0n) is 15.5. The quantitative estimate of drug-likeness (QED) is 0.482. The van der Waals surface area contributed by atoms with Gasteiger partial charge in [-0.05, 0) is 37.0 Å². The molecule has 0 aliphatic heterocycles. The zero-order chi connectivity index (χ0) is 20.1. The fraction of sp³-hybridized carbons (Fsp3) is 0.318. The molecule has 0 bridgehead atoms. The number of aryl methyl sites for hydroxylation is 1. The van der Waals surface area contributed by atoms with Gasteiger partial charge in [0.15, 0.2) is 0 Å². The SMILES string of the molecule is Cc1ccc2c(-c3cccc(C(N)=S)c3)cn(C3CCC(F)(F)CC3)c2c1Cl. The first-order valence-electron chi connectivity index (χ1n) is 9.34. The maximum absolute atomic E-state index is 13.7. The maximum atomic E-state index is 13.7. The first kappa shape index (κ1) is 19.3. The summed E-state index contributed by atoms with van der Waals surface area (Å²) in [5, 5.41) is 1.68. The van der Waals surface area contributed by atoms with Crippen molar-refractivity contribution in [2.24, 2.45) is 5.73 Å². The molecule has 4 rings (SSSR count). The summed E-state index contributed by atoms with van der Waals surface area (Å²) >= 11 is 11.8. The Morgan fingerprint density at radius 2 is 1.93 bits per heavy atom. The van der Waals surface area contributed by atoms with Crippen molar-refractivity contribution in [1.82, 2.24) is 4.57 Å². The summed E-state index contributed by atoms with van der Waals surface area (Å²) in [6, 6.07) is 11.8. The third kappa shape index (κ3) is 3.42. The number of hydrogen-bond donors (Lipinski definition) is 1. The van der Waals surface area contributed by atoms with E-state index in [9.17, 15) is 8.78 Å². The number of alkyl halides is 2. The second kappa shape index (κ2) is 7.12. The highest BCUT2D eigenvalue weighted by atomic mass is 35.5. The Balaban J connectivity index is 1.88. The summed E-state index contributed by atoms with van der Waals surface area (Å²) in [4.78, 5) is 0.342. The lowest BCUT2D eigenvalue weighted by Gasteiger charge is -2.30. The highest BCUT2D eigenvalue weighted by Gasteiger charge is 2.36. The normalized spacial score (nSPS) is 17.1. The highest BCUT2D eigenvalue weighted by molar-refractivity contribution is 7.80. The van der Waals surface area contributed by atoms with E-state index in [1.165, 1.54) is 0 Å². The molecule has 0 unspecified atom stereocenters. The summed E-state index contributed by atoms with van der Waals surface area (Å²) < 4.78 is 29.5. The fourth-order valence-electron chi connectivity index (χ4n) is 4.07. The van der Waals surface area contributed by atoms with Crippen molar-refractivity contribution < 1.29 is 8.78 Å². The molecule has 0 atom stereocenters. The van der Waals surface area contributed by atoms with E-state index in [1.54, 1.807) is 0 Å². The number of halogens is 3. The molecule has 0 saturated heterocycles. The van der Waals surface area contributed by atoms with E-state index in [1.807, 2.05) is 49.5 Å². The van der Waals surface area contributed by atoms with E-state index in [0.717, 1.165) is 33.2 Å². The molecule has 0 radical (unpaired) electrons. The van der Waals surface area contributed by atoms with Crippen molar-refractivity contribution >= 4 is 39.7 Å². The molecule has 1 heterocycles. The van der Waals surface area contributed by atoms with Gasteiger partial charge in [-0.3, -0.25) is 0 Å². The minimum atomic E-state index is -2.56. The number of thiocarbonyl (C=S) groups is 1. The number of nitrogens with zero attached hydrogens (tertiary/aromatic N) is 1. The van der Waals surface area contributed by atoms with Gasteiger partial charge in [-0.15, -0.1) is 0 Å². The second-order valence-electron chi connectivity index (χ2n) is 7.57. The Labute approximate surface area is 173 Å². The molecule has 2 aromatic carbocycles. The molecule has 1 saturated carbocycles. The van der Waals surface area contributed by atoms with E-state index in [4.69, 9.17) is 29.6 Å². The number of hydrogen-bond acceptors (Lipinski definition) is 1. The monoisotopic (exact) mass is 418 g/mol. The number of nitrogens with two attached hydrogens (primary N) is 1. The van der Waals surface area contributed by atoms with Gasteiger partial charge >= 0.3 is 0 Å². The van der Waals surface area contributed by atoms with E-state index >= 15 is 0 Å². The van der Waals surface area contributed by atoms with E-state index in [-0.39, 0.29) is 18.9 Å². The minimum absolute atomic E-state index is 0.00828. The molecule has 6 heteroatoms. The predicted molar refractivity (Wildman–Crippen MR) is 115 cm³/mol. The molecular weight excluding hydrogens is 398 g/mol. The third-order valence-corrected chi connectivity index (χ3v) is 6.38. The molecule has 1 fully saturated rings. The molecule has 2 N–H and O–H groups in total. The van der Waals surface area contributed by atoms with Crippen molar-refractivity contribution in [2.75, 3.05) is 0 Å². The first-order chi connectivity index (χ1) is 13.3. The summed E-state index contributed by atoms with van der Waals surface area (Å²) in [7, 11) is 0. The molecule has 146 valence electrons. The van der Waals surface area contributed by atoms with Crippen LogP contribution in [0.5, 0.6) is 0 Å². The average Bonchev–Trinajstić information content (AvgIpc) is 3.05. The highest BCUT2D eigenvalue weighted by Crippen LogP contribution is 2.43. The standard InChI is InChI=1S/C22H21ClF2N2S/c1-13-5-6-17-18(14-3-2-4-15(11-14)21(26)28)12-27(20(17)19(13)23)16-7-9-22(24,25)10-8-16/h2-6,11-12,16H,7-10H2,1H3,(H2,26,28). The Kier molecular flexibility index (Phi) is 4.92. The van der Waals surface area contributed by atoms with E-state index in [0.29, 0.717) is 22.9 Å². The Hall–Kier alpha value is -1.98. The van der Waals surface area contributed by atoms with Crippen LogP contribution in [0.2, 0.25) is 5.02 Å². The van der Waals surface area contributed by atoms with Gasteiger partial charge in [0.25, 0.3) is 0 Å². The molecule has 2 nitrogen and oxygen atoms in total. The van der Waals surface area contributed by atoms with Crippen molar-refractivity contribution in [3.8, 4) is 11.1 Å². The Morgan fingerprint density at radius 1 is 1.21 bits per heavy atom. The Bertz CT molecular complexity index is 1060. The van der Waals surface area contributed by atoms with Crippen LogP contribution in [0.4, 0.5) is 8.78 Å². The summed E-state index contributed by atoms with van der Waals surface area (Å²) in [5.41, 5.74) is 10.5. The van der Waals surface area contributed by atoms with Crippen LogP contribution in [0.15, 0.2) is 42.6 Å². The molecule has 0 amide bonds. The summed E-state index contributed by atoms with van der Waals surface area (Å²) in [6.07, 6.45) is 2.74. The van der Waals surface area contributed by atoms with Crippen LogP contribution in [-0.2, 0) is 0 Å². The van der Waals surface area contributed by atoms with Crippen molar-refractivity contribution in [3.63, 3.8) is 0 Å². The van der Waals surface area contributed by atoms with Crippen LogP contribution in [-0.4, -0.2) is 15.5 Å². The number of benzene rings is 2. The minimum Gasteiger partial charge on any atom is -0.389 e. The summed E-state index contributed by atoms with van der Waals surface area (Å²) in [6.45, 7) is 1.96. The first-order valence-corrected chi connectivity index (χ1v) is 10.1. The van der Waals surface area contributed by atoms with Crippen molar-refractivity contribution in [1.29, 1.82) is 0 Å². The molecule has 28 heavy (non-hydrogen) atoms. The molecule has 3 aromatic rings. The van der Waals surface area contributed by atoms with Gasteiger partial charge < -0.3 is 10.3 Å². The number of aromatic nitrogens is 1. The number of rotatable bonds is 3. The van der Waals surface area contributed by atoms with Crippen LogP contribution in [0.1, 0.15) is 42.9 Å². The lowest BCUT2D eigenvalue weighted by Crippen LogP contribution is -2.26. The van der Waals surface area contributed by atoms with Crippen LogP contribution in [0, 0.1) is 6.92 Å². The van der Waals surface area contributed by atoms with Crippen molar-refractivity contribution in [2.45, 2.75) is 44.6 Å². The van der Waals surface area contributed by atoms with Crippen LogP contribution < -0.4 is 5.73 Å². The summed E-state index contributed by atoms with van der Waals surface area (Å²) in [5.74, 6) is -2.56. The third-order valence-electron chi connectivity index (χ3n) is 5.66. The average molecular weight is 419 g/mol. The largest absolute Gasteiger partial charge is 0.389 e. The van der Waals surface area contributed by atoms with Crippen molar-refractivity contribution in [3.05, 3.63) is 58.7 Å². The van der Waals surface area contributed by atoms with Gasteiger partial charge in [0.1, 0.15) is 4.99 Å². The van der Waals surface area contributed by atoms with Crippen LogP contribution in [0.25, 0.3) is 22.0 Å². The fourth-order valence-corrected chi connectivity index (χ4v) is 4.46. The molecule has 1 aromatic heterocycles. The Morgan fingerprint density at radius 3 is 2.61 bits per heavy atom. The van der Waals surface area contributed by atoms with Gasteiger partial charge in [0, 0.05) is 41.6 Å². The predicted octanol–water partition coefficient (Wildman–Crippen LogP) is 6.65. The van der Waals surface area contributed by atoms with Gasteiger partial charge in [-0.25, -0.2) is 8.78 Å². The lowest BCUT2D eigenvalue weighted by atomic mass is 9.92. The molecule has 1 aliphatic rings. The van der Waals surface area contributed by atoms with Gasteiger partial charge in [0.05, 0.1) is 10.5 Å². The van der Waals surface area contributed by atoms with Gasteiger partial charge in [-0.2, -0.15) is 0 Å².